The molecule has 0 fully saturated rings. The van der Waals surface area contributed by atoms with Crippen molar-refractivity contribution < 1.29 is 37.3 Å². The first-order valence-electron chi connectivity index (χ1n) is 10.6. The van der Waals surface area contributed by atoms with E-state index in [9.17, 15) is 22.8 Å². The van der Waals surface area contributed by atoms with Crippen LogP contribution in [-0.4, -0.2) is 47.4 Å². The first-order chi connectivity index (χ1) is 17.0. The second-order valence-corrected chi connectivity index (χ2v) is 7.62. The van der Waals surface area contributed by atoms with Gasteiger partial charge in [0, 0.05) is 17.8 Å². The number of amides is 2. The molecule has 0 bridgehead atoms. The highest BCUT2D eigenvalue weighted by Gasteiger charge is 2.38. The summed E-state index contributed by atoms with van der Waals surface area (Å²) < 4.78 is 51.5. The number of aromatic nitrogens is 2. The van der Waals surface area contributed by atoms with E-state index in [0.717, 1.165) is 12.5 Å². The van der Waals surface area contributed by atoms with Crippen LogP contribution in [0.5, 0.6) is 17.4 Å². The number of rotatable bonds is 8. The summed E-state index contributed by atoms with van der Waals surface area (Å²) in [5, 5.41) is 20.6. The van der Waals surface area contributed by atoms with Crippen molar-refractivity contribution in [2.75, 3.05) is 25.6 Å². The van der Waals surface area contributed by atoms with Gasteiger partial charge in [0.25, 0.3) is 17.7 Å². The van der Waals surface area contributed by atoms with Crippen LogP contribution in [-0.2, 0) is 6.18 Å². The van der Waals surface area contributed by atoms with Crippen LogP contribution in [0.25, 0.3) is 0 Å². The molecule has 36 heavy (non-hydrogen) atoms. The molecule has 12 heteroatoms. The third-order valence-corrected chi connectivity index (χ3v) is 4.99. The minimum absolute atomic E-state index is 0.0285. The molecular formula is C24H23F3N4O5. The van der Waals surface area contributed by atoms with Gasteiger partial charge in [-0.2, -0.15) is 13.2 Å². The van der Waals surface area contributed by atoms with E-state index >= 15 is 0 Å². The molecule has 0 atom stereocenters. The molecule has 0 saturated carbocycles. The number of anilines is 1. The van der Waals surface area contributed by atoms with Crippen molar-refractivity contribution in [3.63, 3.8) is 0 Å². The minimum Gasteiger partial charge on any atom is -0.493 e. The van der Waals surface area contributed by atoms with Gasteiger partial charge in [0.15, 0.2) is 17.2 Å². The van der Waals surface area contributed by atoms with Crippen molar-refractivity contribution in [3.05, 3.63) is 70.4 Å². The first kappa shape index (κ1) is 26.4. The van der Waals surface area contributed by atoms with Gasteiger partial charge in [-0.05, 0) is 55.3 Å². The third-order valence-electron chi connectivity index (χ3n) is 4.99. The number of halogens is 3. The number of nitrogens with zero attached hydrogens (tertiary/aromatic N) is 2. The van der Waals surface area contributed by atoms with Crippen molar-refractivity contribution >= 4 is 17.5 Å². The predicted octanol–water partition coefficient (Wildman–Crippen LogP) is 3.89. The van der Waals surface area contributed by atoms with Gasteiger partial charge < -0.3 is 25.2 Å². The molecule has 0 radical (unpaired) electrons. The highest BCUT2D eigenvalue weighted by Crippen LogP contribution is 2.37. The van der Waals surface area contributed by atoms with E-state index in [2.05, 4.69) is 20.8 Å². The summed E-state index contributed by atoms with van der Waals surface area (Å²) >= 11 is 0. The average molecular weight is 504 g/mol. The van der Waals surface area contributed by atoms with Gasteiger partial charge in [-0.3, -0.25) is 9.59 Å². The van der Waals surface area contributed by atoms with E-state index in [4.69, 9.17) is 14.6 Å². The number of methoxy groups -OCH3 is 1. The van der Waals surface area contributed by atoms with E-state index < -0.39 is 40.7 Å². The Morgan fingerprint density at radius 3 is 2.44 bits per heavy atom. The fraction of sp³-hybridized carbons (Fsp3) is 0.250. The molecule has 1 aromatic heterocycles. The lowest BCUT2D eigenvalue weighted by molar-refractivity contribution is -0.142. The summed E-state index contributed by atoms with van der Waals surface area (Å²) in [4.78, 5) is 25.3. The molecule has 0 aliphatic rings. The van der Waals surface area contributed by atoms with Crippen molar-refractivity contribution in [2.24, 2.45) is 0 Å². The number of benzene rings is 2. The first-order valence-corrected chi connectivity index (χ1v) is 10.6. The molecule has 0 aliphatic heterocycles. The topological polar surface area (TPSA) is 123 Å². The number of hydrogen-bond acceptors (Lipinski definition) is 7. The standard InChI is InChI=1S/C24H23F3N4O5/c1-13-7-8-17(18(11-13)35-3)36-23-19(14(2)20(30-31-23)24(25,26)27)22(34)29-16-6-4-5-15(12-16)21(33)28-9-10-32/h4-8,11-12,32H,9-10H2,1-3H3,(H,28,33)(H,29,34). The molecule has 3 N–H and O–H groups in total. The van der Waals surface area contributed by atoms with Crippen LogP contribution in [0.3, 0.4) is 0 Å². The second kappa shape index (κ2) is 11.0. The molecule has 190 valence electrons. The number of aliphatic hydroxyl groups is 1. The van der Waals surface area contributed by atoms with Crippen LogP contribution in [0.2, 0.25) is 0 Å². The lowest BCUT2D eigenvalue weighted by atomic mass is 10.1. The maximum atomic E-state index is 13.5. The van der Waals surface area contributed by atoms with Crippen LogP contribution in [0.15, 0.2) is 42.5 Å². The zero-order valence-corrected chi connectivity index (χ0v) is 19.6. The Bertz CT molecular complexity index is 1280. The molecule has 1 heterocycles. The van der Waals surface area contributed by atoms with Crippen LogP contribution >= 0.6 is 0 Å². The quantitative estimate of drug-likeness (QED) is 0.425. The Balaban J connectivity index is 2.01. The largest absolute Gasteiger partial charge is 0.493 e. The van der Waals surface area contributed by atoms with Crippen molar-refractivity contribution in [1.29, 1.82) is 0 Å². The maximum absolute atomic E-state index is 13.5. The van der Waals surface area contributed by atoms with Gasteiger partial charge in [0.2, 0.25) is 0 Å². The molecule has 0 unspecified atom stereocenters. The normalized spacial score (nSPS) is 11.1. The fourth-order valence-corrected chi connectivity index (χ4v) is 3.27. The fourth-order valence-electron chi connectivity index (χ4n) is 3.27. The van der Waals surface area contributed by atoms with Gasteiger partial charge in [-0.25, -0.2) is 0 Å². The molecule has 2 amide bonds. The second-order valence-electron chi connectivity index (χ2n) is 7.62. The zero-order chi connectivity index (χ0) is 26.5. The number of aryl methyl sites for hydroxylation is 1. The summed E-state index contributed by atoms with van der Waals surface area (Å²) in [6.45, 7) is 2.67. The lowest BCUT2D eigenvalue weighted by Crippen LogP contribution is -2.26. The van der Waals surface area contributed by atoms with Crippen LogP contribution < -0.4 is 20.1 Å². The summed E-state index contributed by atoms with van der Waals surface area (Å²) in [5.74, 6) is -1.52. The van der Waals surface area contributed by atoms with Crippen molar-refractivity contribution in [3.8, 4) is 17.4 Å². The summed E-state index contributed by atoms with van der Waals surface area (Å²) in [5.41, 5.74) is -1.17. The SMILES string of the molecule is COc1cc(C)ccc1Oc1nnc(C(F)(F)F)c(C)c1C(=O)Nc1cccc(C(=O)NCCO)c1. The molecule has 0 spiro atoms. The van der Waals surface area contributed by atoms with Crippen LogP contribution in [0.4, 0.5) is 18.9 Å². The number of nitrogens with one attached hydrogen (secondary N) is 2. The highest BCUT2D eigenvalue weighted by atomic mass is 19.4. The van der Waals surface area contributed by atoms with Crippen LogP contribution in [0, 0.1) is 13.8 Å². The van der Waals surface area contributed by atoms with E-state index in [1.165, 1.54) is 37.4 Å². The number of carbonyl (C=O) groups excluding carboxylic acids is 2. The van der Waals surface area contributed by atoms with E-state index in [1.54, 1.807) is 12.1 Å². The number of carbonyl (C=O) groups is 2. The summed E-state index contributed by atoms with van der Waals surface area (Å²) in [6.07, 6.45) is -4.86. The van der Waals surface area contributed by atoms with Gasteiger partial charge in [-0.1, -0.05) is 12.1 Å². The molecule has 3 aromatic rings. The Morgan fingerprint density at radius 2 is 1.78 bits per heavy atom. The van der Waals surface area contributed by atoms with E-state index in [0.29, 0.717) is 0 Å². The molecular weight excluding hydrogens is 481 g/mol. The average Bonchev–Trinajstić information content (AvgIpc) is 2.82. The molecule has 3 rings (SSSR count). The molecule has 0 saturated heterocycles. The van der Waals surface area contributed by atoms with Crippen molar-refractivity contribution in [1.82, 2.24) is 15.5 Å². The summed E-state index contributed by atoms with van der Waals surface area (Å²) in [6, 6.07) is 10.6. The van der Waals surface area contributed by atoms with E-state index in [-0.39, 0.29) is 35.9 Å². The van der Waals surface area contributed by atoms with Crippen molar-refractivity contribution in [2.45, 2.75) is 20.0 Å². The molecule has 9 nitrogen and oxygen atoms in total. The summed E-state index contributed by atoms with van der Waals surface area (Å²) in [7, 11) is 1.39. The number of hydrogen-bond donors (Lipinski definition) is 3. The van der Waals surface area contributed by atoms with E-state index in [1.807, 2.05) is 6.92 Å². The zero-order valence-electron chi connectivity index (χ0n) is 19.6. The number of ether oxygens (including phenoxy) is 2. The lowest BCUT2D eigenvalue weighted by Gasteiger charge is -2.17. The smallest absolute Gasteiger partial charge is 0.435 e. The number of aliphatic hydroxyl groups excluding tert-OH is 1. The maximum Gasteiger partial charge on any atom is 0.435 e. The Labute approximate surface area is 204 Å². The van der Waals surface area contributed by atoms with Gasteiger partial charge >= 0.3 is 6.18 Å². The number of alkyl halides is 3. The van der Waals surface area contributed by atoms with Gasteiger partial charge in [0.1, 0.15) is 5.56 Å². The Hall–Kier alpha value is -4.19. The van der Waals surface area contributed by atoms with Gasteiger partial charge in [0.05, 0.1) is 13.7 Å². The predicted molar refractivity (Wildman–Crippen MR) is 123 cm³/mol. The third kappa shape index (κ3) is 6.08. The minimum atomic E-state index is -4.86. The Morgan fingerprint density at radius 1 is 1.03 bits per heavy atom. The molecule has 2 aromatic carbocycles. The van der Waals surface area contributed by atoms with Gasteiger partial charge in [-0.15, -0.1) is 10.2 Å². The molecule has 0 aliphatic carbocycles. The monoisotopic (exact) mass is 504 g/mol. The van der Waals surface area contributed by atoms with Crippen LogP contribution in [0.1, 0.15) is 37.5 Å². The Kier molecular flexibility index (Phi) is 8.10. The highest BCUT2D eigenvalue weighted by molar-refractivity contribution is 6.07.